The Morgan fingerprint density at radius 1 is 1.67 bits per heavy atom. The lowest BCUT2D eigenvalue weighted by Gasteiger charge is -2.15. The summed E-state index contributed by atoms with van der Waals surface area (Å²) in [5.74, 6) is 0. The predicted octanol–water partition coefficient (Wildman–Crippen LogP) is 0.492. The first-order chi connectivity index (χ1) is 5.83. The summed E-state index contributed by atoms with van der Waals surface area (Å²) in [7, 11) is 0. The van der Waals surface area contributed by atoms with Crippen LogP contribution in [0.25, 0.3) is 0 Å². The van der Waals surface area contributed by atoms with Crippen molar-refractivity contribution in [3.8, 4) is 0 Å². The van der Waals surface area contributed by atoms with Crippen molar-refractivity contribution in [2.45, 2.75) is 38.3 Å². The highest BCUT2D eigenvalue weighted by molar-refractivity contribution is 4.70. The summed E-state index contributed by atoms with van der Waals surface area (Å²) in [6.45, 7) is 4.86. The van der Waals surface area contributed by atoms with Gasteiger partial charge in [-0.15, -0.1) is 0 Å². The topological polar surface area (TPSA) is 47.3 Å². The molecule has 0 spiro atoms. The van der Waals surface area contributed by atoms with Gasteiger partial charge in [-0.3, -0.25) is 0 Å². The zero-order chi connectivity index (χ0) is 8.81. The molecule has 1 rings (SSSR count). The summed E-state index contributed by atoms with van der Waals surface area (Å²) in [4.78, 5) is 0. The van der Waals surface area contributed by atoms with Gasteiger partial charge in [-0.25, -0.2) is 0 Å². The van der Waals surface area contributed by atoms with Crippen LogP contribution in [0.4, 0.5) is 0 Å². The maximum Gasteiger partial charge on any atom is 0.0700 e. The molecule has 1 aliphatic heterocycles. The third-order valence-corrected chi connectivity index (χ3v) is 2.32. The second-order valence-electron chi connectivity index (χ2n) is 3.52. The molecule has 0 aromatic rings. The van der Waals surface area contributed by atoms with Gasteiger partial charge in [0, 0.05) is 19.2 Å². The molecule has 1 saturated heterocycles. The summed E-state index contributed by atoms with van der Waals surface area (Å²) in [5.41, 5.74) is 5.44. The molecule has 1 fully saturated rings. The Labute approximate surface area is 74.7 Å². The van der Waals surface area contributed by atoms with E-state index in [4.69, 9.17) is 10.5 Å². The summed E-state index contributed by atoms with van der Waals surface area (Å²) in [5, 5.41) is 3.42. The van der Waals surface area contributed by atoms with E-state index in [2.05, 4.69) is 12.2 Å². The van der Waals surface area contributed by atoms with E-state index in [0.717, 1.165) is 26.1 Å². The largest absolute Gasteiger partial charge is 0.377 e. The van der Waals surface area contributed by atoms with E-state index >= 15 is 0 Å². The Morgan fingerprint density at radius 3 is 3.08 bits per heavy atom. The summed E-state index contributed by atoms with van der Waals surface area (Å²) < 4.78 is 5.49. The lowest BCUT2D eigenvalue weighted by Crippen LogP contribution is -2.34. The minimum Gasteiger partial charge on any atom is -0.377 e. The van der Waals surface area contributed by atoms with E-state index in [1.165, 1.54) is 12.8 Å². The zero-order valence-corrected chi connectivity index (χ0v) is 7.88. The fourth-order valence-electron chi connectivity index (χ4n) is 1.49. The molecule has 3 N–H and O–H groups in total. The molecule has 1 aliphatic rings. The molecule has 1 unspecified atom stereocenters. The van der Waals surface area contributed by atoms with Gasteiger partial charge in [-0.05, 0) is 32.7 Å². The van der Waals surface area contributed by atoms with E-state index in [-0.39, 0.29) is 0 Å². The average molecular weight is 172 g/mol. The van der Waals surface area contributed by atoms with Crippen LogP contribution in [0.15, 0.2) is 0 Å². The molecule has 0 aliphatic carbocycles. The van der Waals surface area contributed by atoms with Crippen molar-refractivity contribution >= 4 is 0 Å². The fourth-order valence-corrected chi connectivity index (χ4v) is 1.49. The van der Waals surface area contributed by atoms with Crippen LogP contribution in [-0.4, -0.2) is 31.8 Å². The molecular formula is C9H20N2O. The highest BCUT2D eigenvalue weighted by atomic mass is 16.5. The first-order valence-corrected chi connectivity index (χ1v) is 4.88. The van der Waals surface area contributed by atoms with Gasteiger partial charge in [0.25, 0.3) is 0 Å². The molecule has 2 atom stereocenters. The third-order valence-electron chi connectivity index (χ3n) is 2.32. The quantitative estimate of drug-likeness (QED) is 0.634. The summed E-state index contributed by atoms with van der Waals surface area (Å²) >= 11 is 0. The molecule has 0 radical (unpaired) electrons. The number of hydrogen-bond acceptors (Lipinski definition) is 3. The molecule has 0 aromatic carbocycles. The van der Waals surface area contributed by atoms with Gasteiger partial charge in [0.2, 0.25) is 0 Å². The maximum atomic E-state index is 5.49. The molecule has 3 heteroatoms. The molecule has 12 heavy (non-hydrogen) atoms. The van der Waals surface area contributed by atoms with Gasteiger partial charge in [0.15, 0.2) is 0 Å². The van der Waals surface area contributed by atoms with Crippen LogP contribution in [0.3, 0.4) is 0 Å². The van der Waals surface area contributed by atoms with E-state index in [9.17, 15) is 0 Å². The highest BCUT2D eigenvalue weighted by Gasteiger charge is 2.15. The molecule has 0 bridgehead atoms. The SMILES string of the molecule is CC(CCN)NC[C@@H]1CCCO1. The fraction of sp³-hybridized carbons (Fsp3) is 1.00. The van der Waals surface area contributed by atoms with Gasteiger partial charge in [0.05, 0.1) is 6.10 Å². The zero-order valence-electron chi connectivity index (χ0n) is 7.88. The Balaban J connectivity index is 1.99. The molecule has 3 nitrogen and oxygen atoms in total. The lowest BCUT2D eigenvalue weighted by molar-refractivity contribution is 0.108. The Hall–Kier alpha value is -0.120. The number of nitrogens with one attached hydrogen (secondary N) is 1. The van der Waals surface area contributed by atoms with Gasteiger partial charge in [-0.1, -0.05) is 0 Å². The minimum absolute atomic E-state index is 0.449. The second kappa shape index (κ2) is 5.51. The number of hydrogen-bond donors (Lipinski definition) is 2. The number of rotatable bonds is 5. The Bertz CT molecular complexity index is 113. The van der Waals surface area contributed by atoms with Crippen LogP contribution in [0.2, 0.25) is 0 Å². The van der Waals surface area contributed by atoms with E-state index in [0.29, 0.717) is 12.1 Å². The molecule has 0 saturated carbocycles. The second-order valence-corrected chi connectivity index (χ2v) is 3.52. The minimum atomic E-state index is 0.449. The predicted molar refractivity (Wildman–Crippen MR) is 50.1 cm³/mol. The molecular weight excluding hydrogens is 152 g/mol. The van der Waals surface area contributed by atoms with Crippen LogP contribution in [0.1, 0.15) is 26.2 Å². The summed E-state index contributed by atoms with van der Waals surface area (Å²) in [6.07, 6.45) is 3.93. The number of ether oxygens (including phenoxy) is 1. The first-order valence-electron chi connectivity index (χ1n) is 4.88. The standard InChI is InChI=1S/C9H20N2O/c1-8(4-5-10)11-7-9-3-2-6-12-9/h8-9,11H,2-7,10H2,1H3/t8?,9-/m0/s1. The normalized spacial score (nSPS) is 26.0. The van der Waals surface area contributed by atoms with Crippen LogP contribution in [0.5, 0.6) is 0 Å². The van der Waals surface area contributed by atoms with Crippen LogP contribution in [-0.2, 0) is 4.74 Å². The molecule has 0 amide bonds. The average Bonchev–Trinajstić information content (AvgIpc) is 2.53. The molecule has 0 aromatic heterocycles. The summed E-state index contributed by atoms with van der Waals surface area (Å²) in [6, 6.07) is 0.527. The number of nitrogens with two attached hydrogens (primary N) is 1. The smallest absolute Gasteiger partial charge is 0.0700 e. The molecule has 1 heterocycles. The van der Waals surface area contributed by atoms with E-state index in [1.54, 1.807) is 0 Å². The van der Waals surface area contributed by atoms with Crippen LogP contribution >= 0.6 is 0 Å². The third kappa shape index (κ3) is 3.52. The van der Waals surface area contributed by atoms with Crippen molar-refractivity contribution in [2.24, 2.45) is 5.73 Å². The van der Waals surface area contributed by atoms with Crippen molar-refractivity contribution in [2.75, 3.05) is 19.7 Å². The Morgan fingerprint density at radius 2 is 2.50 bits per heavy atom. The van der Waals surface area contributed by atoms with Crippen molar-refractivity contribution in [3.05, 3.63) is 0 Å². The molecule has 72 valence electrons. The van der Waals surface area contributed by atoms with Gasteiger partial charge < -0.3 is 15.8 Å². The van der Waals surface area contributed by atoms with Crippen LogP contribution in [0, 0.1) is 0 Å². The lowest BCUT2D eigenvalue weighted by atomic mass is 10.2. The van der Waals surface area contributed by atoms with E-state index in [1.807, 2.05) is 0 Å². The van der Waals surface area contributed by atoms with Gasteiger partial charge in [-0.2, -0.15) is 0 Å². The maximum absolute atomic E-state index is 5.49. The highest BCUT2D eigenvalue weighted by Crippen LogP contribution is 2.10. The van der Waals surface area contributed by atoms with Crippen LogP contribution < -0.4 is 11.1 Å². The van der Waals surface area contributed by atoms with Gasteiger partial charge in [0.1, 0.15) is 0 Å². The van der Waals surface area contributed by atoms with Crippen molar-refractivity contribution in [3.63, 3.8) is 0 Å². The van der Waals surface area contributed by atoms with E-state index < -0.39 is 0 Å². The van der Waals surface area contributed by atoms with Crippen molar-refractivity contribution in [1.82, 2.24) is 5.32 Å². The van der Waals surface area contributed by atoms with Crippen molar-refractivity contribution < 1.29 is 4.74 Å². The monoisotopic (exact) mass is 172 g/mol. The van der Waals surface area contributed by atoms with Crippen molar-refractivity contribution in [1.29, 1.82) is 0 Å². The van der Waals surface area contributed by atoms with Gasteiger partial charge >= 0.3 is 0 Å². The first kappa shape index (κ1) is 9.96. The Kier molecular flexibility index (Phi) is 4.58.